The topological polar surface area (TPSA) is 112 Å². The van der Waals surface area contributed by atoms with Crippen LogP contribution in [0.25, 0.3) is 22.0 Å². The van der Waals surface area contributed by atoms with Gasteiger partial charge in [0.1, 0.15) is 17.2 Å². The first kappa shape index (κ1) is 29.3. The number of carbonyl (C=O) groups is 2. The van der Waals surface area contributed by atoms with E-state index in [-0.39, 0.29) is 34.6 Å². The maximum atomic E-state index is 14.3. The van der Waals surface area contributed by atoms with Crippen LogP contribution in [-0.2, 0) is 26.0 Å². The van der Waals surface area contributed by atoms with Gasteiger partial charge in [0.2, 0.25) is 0 Å². The van der Waals surface area contributed by atoms with Crippen LogP contribution in [0.15, 0.2) is 77.8 Å². The lowest BCUT2D eigenvalue weighted by Gasteiger charge is -2.33. The number of hydrogen-bond donors (Lipinski definition) is 1. The number of rotatable bonds is 6. The predicted molar refractivity (Wildman–Crippen MR) is 160 cm³/mol. The molecule has 1 saturated heterocycles. The Morgan fingerprint density at radius 2 is 1.69 bits per heavy atom. The van der Waals surface area contributed by atoms with Gasteiger partial charge in [-0.15, -0.1) is 0 Å². The molecule has 1 aromatic heterocycles. The quantitative estimate of drug-likeness (QED) is 0.274. The number of halogens is 1. The van der Waals surface area contributed by atoms with Crippen molar-refractivity contribution in [2.75, 3.05) is 18.8 Å². The smallest absolute Gasteiger partial charge is 0.410 e. The van der Waals surface area contributed by atoms with E-state index in [1.54, 1.807) is 47.4 Å². The molecule has 1 aliphatic heterocycles. The van der Waals surface area contributed by atoms with Gasteiger partial charge in [-0.25, -0.2) is 21.6 Å². The van der Waals surface area contributed by atoms with E-state index in [2.05, 4.69) is 0 Å². The number of nitrogens with two attached hydrogens (primary N) is 1. The van der Waals surface area contributed by atoms with Gasteiger partial charge in [0.25, 0.3) is 10.0 Å². The summed E-state index contributed by atoms with van der Waals surface area (Å²) in [6, 6.07) is 17.3. The highest BCUT2D eigenvalue weighted by atomic mass is 32.2. The molecule has 2 N–H and O–H groups in total. The molecular weight excluding hydrogens is 557 g/mol. The standard InChI is InChI=1S/C32H34FN3O5S/c1-32(2,3)41-31(38)35-15-13-21(14-16-35)30(37)18-23-17-22(9-12-28(23)34)27-20-36(29-19-24(33)10-11-26(27)29)42(39,40)25-7-5-4-6-8-25/h4-12,17,19-21H,13-16,18,34H2,1-3H3. The maximum absolute atomic E-state index is 14.3. The van der Waals surface area contributed by atoms with Crippen molar-refractivity contribution >= 4 is 38.5 Å². The molecule has 0 radical (unpaired) electrons. The summed E-state index contributed by atoms with van der Waals surface area (Å²) >= 11 is 0. The monoisotopic (exact) mass is 591 g/mol. The van der Waals surface area contributed by atoms with Gasteiger partial charge in [-0.1, -0.05) is 24.3 Å². The number of aromatic nitrogens is 1. The van der Waals surface area contributed by atoms with Crippen molar-refractivity contribution in [3.63, 3.8) is 0 Å². The summed E-state index contributed by atoms with van der Waals surface area (Å²) in [5.74, 6) is -0.746. The van der Waals surface area contributed by atoms with E-state index in [0.29, 0.717) is 53.7 Å². The summed E-state index contributed by atoms with van der Waals surface area (Å²) in [5.41, 5.74) is 8.21. The second kappa shape index (κ2) is 11.2. The van der Waals surface area contributed by atoms with Crippen LogP contribution in [0.2, 0.25) is 0 Å². The number of nitrogens with zero attached hydrogens (tertiary/aromatic N) is 2. The summed E-state index contributed by atoms with van der Waals surface area (Å²) in [6.07, 6.45) is 2.28. The normalized spacial score (nSPS) is 14.7. The first-order chi connectivity index (χ1) is 19.8. The van der Waals surface area contributed by atoms with Gasteiger partial charge >= 0.3 is 6.09 Å². The van der Waals surface area contributed by atoms with E-state index in [9.17, 15) is 22.4 Å². The van der Waals surface area contributed by atoms with Crippen LogP contribution >= 0.6 is 0 Å². The average Bonchev–Trinajstić information content (AvgIpc) is 3.33. The van der Waals surface area contributed by atoms with E-state index >= 15 is 0 Å². The van der Waals surface area contributed by atoms with Crippen molar-refractivity contribution in [1.29, 1.82) is 0 Å². The van der Waals surface area contributed by atoms with Crippen LogP contribution in [0.3, 0.4) is 0 Å². The minimum atomic E-state index is -4.01. The van der Waals surface area contributed by atoms with Crippen LogP contribution in [0, 0.1) is 11.7 Å². The van der Waals surface area contributed by atoms with Crippen molar-refractivity contribution < 1.29 is 27.1 Å². The molecule has 0 bridgehead atoms. The molecular formula is C32H34FN3O5S. The Balaban J connectivity index is 1.40. The fraction of sp³-hybridized carbons (Fsp3) is 0.312. The third-order valence-corrected chi connectivity index (χ3v) is 9.14. The van der Waals surface area contributed by atoms with Crippen LogP contribution < -0.4 is 5.73 Å². The Labute approximate surface area is 244 Å². The number of benzene rings is 3. The highest BCUT2D eigenvalue weighted by molar-refractivity contribution is 7.90. The Kier molecular flexibility index (Phi) is 7.85. The van der Waals surface area contributed by atoms with Crippen LogP contribution in [0.5, 0.6) is 0 Å². The third kappa shape index (κ3) is 6.04. The highest BCUT2D eigenvalue weighted by Crippen LogP contribution is 2.35. The summed E-state index contributed by atoms with van der Waals surface area (Å²) in [5, 5.41) is 0.549. The molecule has 2 heterocycles. The van der Waals surface area contributed by atoms with Crippen molar-refractivity contribution in [3.05, 3.63) is 84.3 Å². The number of fused-ring (bicyclic) bond motifs is 1. The number of anilines is 1. The second-order valence-electron chi connectivity index (χ2n) is 11.6. The Morgan fingerprint density at radius 3 is 2.36 bits per heavy atom. The maximum Gasteiger partial charge on any atom is 0.410 e. The lowest BCUT2D eigenvalue weighted by atomic mass is 9.88. The van der Waals surface area contributed by atoms with Gasteiger partial charge in [0, 0.05) is 48.3 Å². The molecule has 5 rings (SSSR count). The van der Waals surface area contributed by atoms with E-state index in [0.717, 1.165) is 3.97 Å². The summed E-state index contributed by atoms with van der Waals surface area (Å²) in [7, 11) is -4.01. The lowest BCUT2D eigenvalue weighted by molar-refractivity contribution is -0.123. The zero-order valence-electron chi connectivity index (χ0n) is 23.8. The molecule has 0 spiro atoms. The second-order valence-corrected chi connectivity index (χ2v) is 13.4. The van der Waals surface area contributed by atoms with E-state index in [1.165, 1.54) is 30.5 Å². The molecule has 42 heavy (non-hydrogen) atoms. The summed E-state index contributed by atoms with van der Waals surface area (Å²) in [6.45, 7) is 6.33. The van der Waals surface area contributed by atoms with Gasteiger partial charge in [-0.3, -0.25) is 4.79 Å². The number of carbonyl (C=O) groups excluding carboxylic acids is 2. The van der Waals surface area contributed by atoms with Gasteiger partial charge in [0.05, 0.1) is 10.4 Å². The molecule has 8 nitrogen and oxygen atoms in total. The molecule has 10 heteroatoms. The molecule has 0 unspecified atom stereocenters. The molecule has 220 valence electrons. The molecule has 4 aromatic rings. The minimum absolute atomic E-state index is 0.0267. The SMILES string of the molecule is CC(C)(C)OC(=O)N1CCC(C(=O)Cc2cc(-c3cn(S(=O)(=O)c4ccccc4)c4cc(F)ccc34)ccc2N)CC1. The van der Waals surface area contributed by atoms with E-state index in [4.69, 9.17) is 10.5 Å². The molecule has 1 aliphatic rings. The Hall–Kier alpha value is -4.18. The van der Waals surface area contributed by atoms with Crippen LogP contribution in [0.4, 0.5) is 14.9 Å². The van der Waals surface area contributed by atoms with Crippen molar-refractivity contribution in [1.82, 2.24) is 8.87 Å². The van der Waals surface area contributed by atoms with Crippen molar-refractivity contribution in [3.8, 4) is 11.1 Å². The van der Waals surface area contributed by atoms with E-state index in [1.807, 2.05) is 20.8 Å². The largest absolute Gasteiger partial charge is 0.444 e. The number of nitrogen functional groups attached to an aromatic ring is 1. The number of ether oxygens (including phenoxy) is 1. The van der Waals surface area contributed by atoms with Gasteiger partial charge in [-0.05, 0) is 87.2 Å². The minimum Gasteiger partial charge on any atom is -0.444 e. The zero-order chi connectivity index (χ0) is 30.2. The number of Topliss-reactive ketones (excluding diaryl/α,β-unsaturated/α-hetero) is 1. The lowest BCUT2D eigenvalue weighted by Crippen LogP contribution is -2.43. The molecule has 0 aliphatic carbocycles. The Morgan fingerprint density at radius 1 is 1.00 bits per heavy atom. The number of hydrogen-bond acceptors (Lipinski definition) is 6. The first-order valence-corrected chi connectivity index (χ1v) is 15.3. The fourth-order valence-electron chi connectivity index (χ4n) is 5.28. The number of amides is 1. The molecule has 3 aromatic carbocycles. The molecule has 0 atom stereocenters. The number of likely N-dealkylation sites (tertiary alicyclic amines) is 1. The number of ketones is 1. The summed E-state index contributed by atoms with van der Waals surface area (Å²) < 4.78 is 47.9. The molecule has 0 saturated carbocycles. The molecule has 1 amide bonds. The van der Waals surface area contributed by atoms with E-state index < -0.39 is 21.4 Å². The summed E-state index contributed by atoms with van der Waals surface area (Å²) in [4.78, 5) is 27.4. The number of piperidine rings is 1. The van der Waals surface area contributed by atoms with Crippen molar-refractivity contribution in [2.45, 2.75) is 50.5 Å². The zero-order valence-corrected chi connectivity index (χ0v) is 24.7. The Bertz CT molecular complexity index is 1750. The first-order valence-electron chi connectivity index (χ1n) is 13.8. The van der Waals surface area contributed by atoms with Gasteiger partial charge in [-0.2, -0.15) is 0 Å². The van der Waals surface area contributed by atoms with Crippen LogP contribution in [0.1, 0.15) is 39.2 Å². The molecule has 1 fully saturated rings. The van der Waals surface area contributed by atoms with Crippen molar-refractivity contribution in [2.24, 2.45) is 5.92 Å². The highest BCUT2D eigenvalue weighted by Gasteiger charge is 2.30. The third-order valence-electron chi connectivity index (χ3n) is 7.45. The fourth-order valence-corrected chi connectivity index (χ4v) is 6.66. The van der Waals surface area contributed by atoms with Crippen LogP contribution in [-0.4, -0.2) is 47.9 Å². The van der Waals surface area contributed by atoms with Gasteiger partial charge in [0.15, 0.2) is 0 Å². The predicted octanol–water partition coefficient (Wildman–Crippen LogP) is 6.03. The van der Waals surface area contributed by atoms with Gasteiger partial charge < -0.3 is 15.4 Å². The average molecular weight is 592 g/mol.